The number of para-hydroxylation sites is 2. The third-order valence-electron chi connectivity index (χ3n) is 4.75. The summed E-state index contributed by atoms with van der Waals surface area (Å²) in [6.45, 7) is 2.79. The quantitative estimate of drug-likeness (QED) is 0.721. The normalized spacial score (nSPS) is 14.4. The van der Waals surface area contributed by atoms with Crippen LogP contribution < -0.4 is 10.2 Å². The molecule has 0 atom stereocenters. The van der Waals surface area contributed by atoms with Crippen LogP contribution in [0.25, 0.3) is 0 Å². The average molecular weight is 348 g/mol. The highest BCUT2D eigenvalue weighted by molar-refractivity contribution is 5.70. The van der Waals surface area contributed by atoms with E-state index in [1.54, 1.807) is 0 Å². The highest BCUT2D eigenvalue weighted by Crippen LogP contribution is 2.28. The molecule has 0 saturated carbocycles. The van der Waals surface area contributed by atoms with Crippen LogP contribution in [-0.4, -0.2) is 23.2 Å². The molecule has 2 heterocycles. The first-order valence-corrected chi connectivity index (χ1v) is 9.32. The lowest BCUT2D eigenvalue weighted by Gasteiger charge is -2.30. The minimum atomic E-state index is 0.534. The summed E-state index contributed by atoms with van der Waals surface area (Å²) >= 11 is 0. The van der Waals surface area contributed by atoms with Crippen molar-refractivity contribution < 1.29 is 4.52 Å². The van der Waals surface area contributed by atoms with Gasteiger partial charge in [0, 0.05) is 19.5 Å². The van der Waals surface area contributed by atoms with Crippen LogP contribution in [0.5, 0.6) is 0 Å². The molecule has 5 heteroatoms. The van der Waals surface area contributed by atoms with Crippen LogP contribution in [-0.2, 0) is 13.0 Å². The SMILES string of the molecule is c1ccc(Cc2noc(CNc3ccccc3N3CCCCC3)n2)cc1. The van der Waals surface area contributed by atoms with Gasteiger partial charge in [-0.15, -0.1) is 0 Å². The Morgan fingerprint density at radius 2 is 1.69 bits per heavy atom. The van der Waals surface area contributed by atoms with Crippen LogP contribution in [0.4, 0.5) is 11.4 Å². The molecule has 5 nitrogen and oxygen atoms in total. The third kappa shape index (κ3) is 4.04. The first-order chi connectivity index (χ1) is 12.9. The van der Waals surface area contributed by atoms with Gasteiger partial charge < -0.3 is 14.7 Å². The van der Waals surface area contributed by atoms with Crippen LogP contribution in [0, 0.1) is 0 Å². The number of aromatic nitrogens is 2. The van der Waals surface area contributed by atoms with Crippen LogP contribution in [0.3, 0.4) is 0 Å². The Bertz CT molecular complexity index is 825. The van der Waals surface area contributed by atoms with Crippen molar-refractivity contribution in [2.45, 2.75) is 32.2 Å². The fourth-order valence-electron chi connectivity index (χ4n) is 3.42. The van der Waals surface area contributed by atoms with E-state index in [9.17, 15) is 0 Å². The predicted molar refractivity (Wildman–Crippen MR) is 103 cm³/mol. The number of benzene rings is 2. The summed E-state index contributed by atoms with van der Waals surface area (Å²) in [5, 5.41) is 7.57. The second-order valence-electron chi connectivity index (χ2n) is 6.69. The number of hydrogen-bond donors (Lipinski definition) is 1. The first-order valence-electron chi connectivity index (χ1n) is 9.32. The molecule has 134 valence electrons. The average Bonchev–Trinajstić information content (AvgIpc) is 3.15. The van der Waals surface area contributed by atoms with Gasteiger partial charge in [0.1, 0.15) is 0 Å². The zero-order chi connectivity index (χ0) is 17.6. The number of hydrogen-bond acceptors (Lipinski definition) is 5. The number of nitrogens with zero attached hydrogens (tertiary/aromatic N) is 3. The summed E-state index contributed by atoms with van der Waals surface area (Å²) in [7, 11) is 0. The first kappa shape index (κ1) is 16.6. The molecule has 1 N–H and O–H groups in total. The molecule has 0 spiro atoms. The molecular weight excluding hydrogens is 324 g/mol. The van der Waals surface area contributed by atoms with E-state index in [4.69, 9.17) is 4.52 Å². The van der Waals surface area contributed by atoms with Crippen LogP contribution >= 0.6 is 0 Å². The molecule has 0 unspecified atom stereocenters. The van der Waals surface area contributed by atoms with Crippen LogP contribution in [0.2, 0.25) is 0 Å². The van der Waals surface area contributed by atoms with Gasteiger partial charge in [0.05, 0.1) is 17.9 Å². The summed E-state index contributed by atoms with van der Waals surface area (Å²) in [5.74, 6) is 1.33. The summed E-state index contributed by atoms with van der Waals surface area (Å²) in [6.07, 6.45) is 4.55. The highest BCUT2D eigenvalue weighted by Gasteiger charge is 2.14. The second-order valence-corrected chi connectivity index (χ2v) is 6.69. The smallest absolute Gasteiger partial charge is 0.245 e. The van der Waals surface area contributed by atoms with Crippen molar-refractivity contribution in [2.24, 2.45) is 0 Å². The fraction of sp³-hybridized carbons (Fsp3) is 0.333. The fourth-order valence-corrected chi connectivity index (χ4v) is 3.42. The Labute approximate surface area is 154 Å². The molecule has 1 fully saturated rings. The number of rotatable bonds is 6. The van der Waals surface area contributed by atoms with E-state index in [1.807, 2.05) is 18.2 Å². The van der Waals surface area contributed by atoms with E-state index in [1.165, 1.54) is 30.5 Å². The molecule has 0 bridgehead atoms. The van der Waals surface area contributed by atoms with Gasteiger partial charge in [-0.25, -0.2) is 0 Å². The van der Waals surface area contributed by atoms with Crippen molar-refractivity contribution in [1.82, 2.24) is 10.1 Å². The Balaban J connectivity index is 1.40. The monoisotopic (exact) mass is 348 g/mol. The summed E-state index contributed by atoms with van der Waals surface area (Å²) in [6, 6.07) is 18.7. The van der Waals surface area contributed by atoms with Gasteiger partial charge in [0.2, 0.25) is 5.89 Å². The zero-order valence-electron chi connectivity index (χ0n) is 14.9. The van der Waals surface area contributed by atoms with Gasteiger partial charge in [-0.1, -0.05) is 47.6 Å². The maximum absolute atomic E-state index is 5.41. The van der Waals surface area contributed by atoms with E-state index in [-0.39, 0.29) is 0 Å². The number of nitrogens with one attached hydrogen (secondary N) is 1. The Kier molecular flexibility index (Phi) is 5.14. The minimum absolute atomic E-state index is 0.534. The molecule has 1 aliphatic rings. The highest BCUT2D eigenvalue weighted by atomic mass is 16.5. The molecule has 1 aliphatic heterocycles. The maximum Gasteiger partial charge on any atom is 0.245 e. The van der Waals surface area contributed by atoms with Gasteiger partial charge in [-0.3, -0.25) is 0 Å². The van der Waals surface area contributed by atoms with Crippen molar-refractivity contribution in [3.63, 3.8) is 0 Å². The molecule has 1 aromatic heterocycles. The van der Waals surface area contributed by atoms with E-state index in [2.05, 4.69) is 56.8 Å². The lowest BCUT2D eigenvalue weighted by atomic mass is 10.1. The summed E-state index contributed by atoms with van der Waals surface area (Å²) < 4.78 is 5.41. The molecule has 0 amide bonds. The molecule has 3 aromatic rings. The molecule has 1 saturated heterocycles. The lowest BCUT2D eigenvalue weighted by Crippen LogP contribution is -2.30. The van der Waals surface area contributed by atoms with Crippen molar-refractivity contribution in [1.29, 1.82) is 0 Å². The molecule has 2 aromatic carbocycles. The molecule has 0 radical (unpaired) electrons. The molecule has 26 heavy (non-hydrogen) atoms. The largest absolute Gasteiger partial charge is 0.374 e. The van der Waals surface area contributed by atoms with Crippen molar-refractivity contribution >= 4 is 11.4 Å². The maximum atomic E-state index is 5.41. The second kappa shape index (κ2) is 8.04. The molecule has 4 rings (SSSR count). The molecule has 0 aliphatic carbocycles. The number of piperidine rings is 1. The minimum Gasteiger partial charge on any atom is -0.374 e. The third-order valence-corrected chi connectivity index (χ3v) is 4.75. The summed E-state index contributed by atoms with van der Waals surface area (Å²) in [5.41, 5.74) is 3.57. The Morgan fingerprint density at radius 1 is 0.923 bits per heavy atom. The lowest BCUT2D eigenvalue weighted by molar-refractivity contribution is 0.378. The van der Waals surface area contributed by atoms with E-state index in [0.717, 1.165) is 24.6 Å². The van der Waals surface area contributed by atoms with Crippen LogP contribution in [0.1, 0.15) is 36.5 Å². The number of anilines is 2. The van der Waals surface area contributed by atoms with Crippen molar-refractivity contribution in [3.05, 3.63) is 71.9 Å². The topological polar surface area (TPSA) is 54.2 Å². The summed E-state index contributed by atoms with van der Waals surface area (Å²) in [4.78, 5) is 6.97. The van der Waals surface area contributed by atoms with Crippen molar-refractivity contribution in [3.8, 4) is 0 Å². The van der Waals surface area contributed by atoms with Gasteiger partial charge in [-0.2, -0.15) is 4.98 Å². The van der Waals surface area contributed by atoms with Crippen molar-refractivity contribution in [2.75, 3.05) is 23.3 Å². The zero-order valence-corrected chi connectivity index (χ0v) is 14.9. The van der Waals surface area contributed by atoms with E-state index in [0.29, 0.717) is 18.9 Å². The van der Waals surface area contributed by atoms with Gasteiger partial charge in [0.15, 0.2) is 5.82 Å². The van der Waals surface area contributed by atoms with Gasteiger partial charge in [0.25, 0.3) is 0 Å². The Hall–Kier alpha value is -2.82. The molecular formula is C21H24N4O. The van der Waals surface area contributed by atoms with E-state index < -0.39 is 0 Å². The van der Waals surface area contributed by atoms with Gasteiger partial charge in [-0.05, 0) is 37.0 Å². The van der Waals surface area contributed by atoms with Gasteiger partial charge >= 0.3 is 0 Å². The predicted octanol–water partition coefficient (Wildman–Crippen LogP) is 4.26. The van der Waals surface area contributed by atoms with E-state index >= 15 is 0 Å². The standard InChI is InChI=1S/C21H24N4O/c1-3-9-17(10-4-1)15-20-23-21(26-24-20)16-22-18-11-5-6-12-19(18)25-13-7-2-8-14-25/h1,3-6,9-12,22H,2,7-8,13-16H2. The Morgan fingerprint density at radius 3 is 2.54 bits per heavy atom. The van der Waals surface area contributed by atoms with Crippen LogP contribution in [0.15, 0.2) is 59.1 Å².